The van der Waals surface area contributed by atoms with Gasteiger partial charge >= 0.3 is 0 Å². The molecule has 1 saturated heterocycles. The van der Waals surface area contributed by atoms with Crippen LogP contribution < -0.4 is 9.46 Å². The van der Waals surface area contributed by atoms with Crippen molar-refractivity contribution in [2.45, 2.75) is 56.6 Å². The van der Waals surface area contributed by atoms with Crippen LogP contribution in [-0.4, -0.2) is 49.5 Å². The fourth-order valence-corrected chi connectivity index (χ4v) is 5.86. The number of carbonyl (C=O) groups is 1. The molecule has 1 aliphatic carbocycles. The number of amides is 1. The molecule has 1 amide bonds. The molecule has 2 fully saturated rings. The Hall–Kier alpha value is -1.51. The number of hydrogen-bond donors (Lipinski definition) is 1. The molecule has 1 saturated carbocycles. The maximum absolute atomic E-state index is 14.9. The molecular weight excluding hydrogens is 522 g/mol. The number of carbonyl (C=O) groups excluding carboxylic acids is 1. The first-order valence-corrected chi connectivity index (χ1v) is 14.3. The molecule has 0 bridgehead atoms. The van der Waals surface area contributed by atoms with Crippen molar-refractivity contribution in [1.82, 2.24) is 9.62 Å². The van der Waals surface area contributed by atoms with Crippen LogP contribution in [0.25, 0.3) is 0 Å². The quantitative estimate of drug-likeness (QED) is 0.337. The van der Waals surface area contributed by atoms with Crippen LogP contribution in [0.4, 0.5) is 4.39 Å². The van der Waals surface area contributed by atoms with Gasteiger partial charge in [-0.25, -0.2) is 4.39 Å². The van der Waals surface area contributed by atoms with E-state index in [4.69, 9.17) is 32.7 Å². The third-order valence-corrected chi connectivity index (χ3v) is 8.46. The summed E-state index contributed by atoms with van der Waals surface area (Å²) in [5.41, 5.74) is 1.58. The van der Waals surface area contributed by atoms with Gasteiger partial charge in [0, 0.05) is 48.6 Å². The molecule has 0 aromatic heterocycles. The molecule has 0 radical (unpaired) electrons. The van der Waals surface area contributed by atoms with Crippen LogP contribution in [0, 0.1) is 5.82 Å². The fraction of sp³-hybridized carbons (Fsp3) is 0.519. The predicted octanol–water partition coefficient (Wildman–Crippen LogP) is 7.03. The lowest BCUT2D eigenvalue weighted by Gasteiger charge is -2.43. The number of hydrogen-bond acceptors (Lipinski definition) is 5. The number of methoxy groups -OCH3 is 1. The highest BCUT2D eigenvalue weighted by Gasteiger charge is 2.38. The third kappa shape index (κ3) is 6.13. The fourth-order valence-electron chi connectivity index (χ4n) is 5.02. The highest BCUT2D eigenvalue weighted by Crippen LogP contribution is 2.42. The van der Waals surface area contributed by atoms with E-state index in [2.05, 4.69) is 16.5 Å². The summed E-state index contributed by atoms with van der Waals surface area (Å²) in [7, 11) is 1.71. The minimum Gasteiger partial charge on any atom is -0.490 e. The smallest absolute Gasteiger partial charge is 0.264 e. The van der Waals surface area contributed by atoms with E-state index >= 15 is 0 Å². The minimum absolute atomic E-state index is 0.0588. The maximum Gasteiger partial charge on any atom is 0.264 e. The van der Waals surface area contributed by atoms with Gasteiger partial charge in [-0.1, -0.05) is 41.6 Å². The number of halogens is 3. The Morgan fingerprint density at radius 2 is 1.86 bits per heavy atom. The zero-order chi connectivity index (χ0) is 25.9. The lowest BCUT2D eigenvalue weighted by molar-refractivity contribution is -0.0877. The maximum atomic E-state index is 14.9. The number of nitrogens with one attached hydrogen (secondary N) is 1. The Balaban J connectivity index is 1.45. The molecule has 2 aromatic rings. The van der Waals surface area contributed by atoms with Crippen LogP contribution in [0.15, 0.2) is 30.3 Å². The molecule has 5 nitrogen and oxygen atoms in total. The number of benzene rings is 2. The molecule has 4 rings (SSSR count). The Kier molecular flexibility index (Phi) is 9.10. The van der Waals surface area contributed by atoms with Gasteiger partial charge in [0.2, 0.25) is 0 Å². The second-order valence-corrected chi connectivity index (χ2v) is 11.2. The van der Waals surface area contributed by atoms with Crippen molar-refractivity contribution < 1.29 is 18.7 Å². The van der Waals surface area contributed by atoms with E-state index in [1.165, 1.54) is 6.07 Å². The Morgan fingerprint density at radius 1 is 1.19 bits per heavy atom. The summed E-state index contributed by atoms with van der Waals surface area (Å²) in [6.07, 6.45) is 6.44. The van der Waals surface area contributed by atoms with Crippen molar-refractivity contribution in [2.24, 2.45) is 0 Å². The molecule has 196 valence electrons. The molecule has 1 atom stereocenters. The molecule has 1 unspecified atom stereocenters. The summed E-state index contributed by atoms with van der Waals surface area (Å²) < 4.78 is 29.7. The largest absolute Gasteiger partial charge is 0.490 e. The number of rotatable bonds is 9. The zero-order valence-corrected chi connectivity index (χ0v) is 23.2. The second kappa shape index (κ2) is 11.9. The monoisotopic (exact) mass is 554 g/mol. The van der Waals surface area contributed by atoms with Gasteiger partial charge in [0.15, 0.2) is 0 Å². The average molecular weight is 556 g/mol. The molecule has 2 aromatic carbocycles. The normalized spacial score (nSPS) is 18.9. The van der Waals surface area contributed by atoms with Gasteiger partial charge < -0.3 is 9.47 Å². The molecule has 1 aliphatic heterocycles. The van der Waals surface area contributed by atoms with E-state index in [0.29, 0.717) is 22.4 Å². The summed E-state index contributed by atoms with van der Waals surface area (Å²) in [6.45, 7) is 4.12. The lowest BCUT2D eigenvalue weighted by atomic mass is 9.79. The molecule has 1 heterocycles. The lowest BCUT2D eigenvalue weighted by Crippen LogP contribution is -2.49. The molecule has 1 N–H and O–H groups in total. The van der Waals surface area contributed by atoms with Crippen LogP contribution in [0.2, 0.25) is 10.0 Å². The number of nitrogens with zero attached hydrogens (tertiary/aromatic N) is 1. The van der Waals surface area contributed by atoms with E-state index in [-0.39, 0.29) is 17.5 Å². The average Bonchev–Trinajstić information content (AvgIpc) is 2.82. The second-order valence-electron chi connectivity index (χ2n) is 9.72. The van der Waals surface area contributed by atoms with E-state index < -0.39 is 17.3 Å². The van der Waals surface area contributed by atoms with Crippen LogP contribution >= 0.6 is 35.1 Å². The van der Waals surface area contributed by atoms with Crippen molar-refractivity contribution in [3.05, 3.63) is 62.9 Å². The third-order valence-electron chi connectivity index (χ3n) is 7.63. The SMILES string of the molecule is COC1(COc2cc(F)c(C(=O)NSC)cc2C2CCC2)CCN(C(C)c2cc(Cl)cc(Cl)c2)CC1. The Labute approximate surface area is 227 Å². The molecule has 2 aliphatic rings. The van der Waals surface area contributed by atoms with Gasteiger partial charge in [-0.3, -0.25) is 14.4 Å². The van der Waals surface area contributed by atoms with E-state index in [0.717, 1.165) is 68.3 Å². The Morgan fingerprint density at radius 3 is 2.42 bits per heavy atom. The van der Waals surface area contributed by atoms with E-state index in [1.54, 1.807) is 25.5 Å². The summed E-state index contributed by atoms with van der Waals surface area (Å²) >= 11 is 13.6. The van der Waals surface area contributed by atoms with Gasteiger partial charge in [0.25, 0.3) is 5.91 Å². The number of ether oxygens (including phenoxy) is 2. The Bertz CT molecular complexity index is 1070. The zero-order valence-electron chi connectivity index (χ0n) is 20.9. The highest BCUT2D eigenvalue weighted by molar-refractivity contribution is 7.97. The van der Waals surface area contributed by atoms with E-state index in [1.807, 2.05) is 12.1 Å². The summed E-state index contributed by atoms with van der Waals surface area (Å²) in [4.78, 5) is 14.7. The first-order chi connectivity index (χ1) is 17.2. The summed E-state index contributed by atoms with van der Waals surface area (Å²) in [5, 5.41) is 1.26. The van der Waals surface area contributed by atoms with Crippen molar-refractivity contribution in [2.75, 3.05) is 33.1 Å². The first-order valence-electron chi connectivity index (χ1n) is 12.3. The molecule has 9 heteroatoms. The van der Waals surface area contributed by atoms with Crippen molar-refractivity contribution in [3.8, 4) is 5.75 Å². The van der Waals surface area contributed by atoms with Gasteiger partial charge in [-0.15, -0.1) is 0 Å². The van der Waals surface area contributed by atoms with Gasteiger partial charge in [0.1, 0.15) is 23.8 Å². The molecular formula is C27H33Cl2FN2O3S. The van der Waals surface area contributed by atoms with Crippen molar-refractivity contribution in [3.63, 3.8) is 0 Å². The molecule has 36 heavy (non-hydrogen) atoms. The summed E-state index contributed by atoms with van der Waals surface area (Å²) in [5.74, 6) is -0.205. The van der Waals surface area contributed by atoms with E-state index in [9.17, 15) is 9.18 Å². The number of piperidine rings is 1. The van der Waals surface area contributed by atoms with Gasteiger partial charge in [-0.2, -0.15) is 0 Å². The minimum atomic E-state index is -0.574. The van der Waals surface area contributed by atoms with Gasteiger partial charge in [0.05, 0.1) is 5.56 Å². The standard InChI is InChI=1S/C27H33Cl2FN2O3S/c1-17(19-11-20(28)13-21(29)12-19)32-9-7-27(34-2,8-10-32)16-35-25-15-24(30)23(26(33)31-36-3)14-22(25)18-5-4-6-18/h11-15,17-18H,4-10,16H2,1-3H3,(H,31,33). The first kappa shape index (κ1) is 27.5. The van der Waals surface area contributed by atoms with Crippen LogP contribution in [0.1, 0.15) is 72.5 Å². The van der Waals surface area contributed by atoms with Crippen LogP contribution in [-0.2, 0) is 4.74 Å². The van der Waals surface area contributed by atoms with Crippen LogP contribution in [0.3, 0.4) is 0 Å². The van der Waals surface area contributed by atoms with Crippen molar-refractivity contribution >= 4 is 41.1 Å². The highest BCUT2D eigenvalue weighted by atomic mass is 35.5. The predicted molar refractivity (Wildman–Crippen MR) is 145 cm³/mol. The molecule has 0 spiro atoms. The van der Waals surface area contributed by atoms with Crippen molar-refractivity contribution in [1.29, 1.82) is 0 Å². The number of likely N-dealkylation sites (tertiary alicyclic amines) is 1. The summed E-state index contributed by atoms with van der Waals surface area (Å²) in [6, 6.07) is 8.85. The van der Waals surface area contributed by atoms with Crippen LogP contribution in [0.5, 0.6) is 5.75 Å². The topological polar surface area (TPSA) is 50.8 Å². The van der Waals surface area contributed by atoms with Gasteiger partial charge in [-0.05, 0) is 73.9 Å².